The number of benzene rings is 2. The highest BCUT2D eigenvalue weighted by Gasteiger charge is 2.09. The Morgan fingerprint density at radius 1 is 1.08 bits per heavy atom. The zero-order valence-corrected chi connectivity index (χ0v) is 13.6. The minimum atomic E-state index is -0.267. The number of carbonyl (C=O) groups excluding carboxylic acids is 2. The lowest BCUT2D eigenvalue weighted by Crippen LogP contribution is -2.12. The fraction of sp³-hybridized carbons (Fsp3) is 0.0556. The summed E-state index contributed by atoms with van der Waals surface area (Å²) in [6.07, 6.45) is 5.10. The normalized spacial score (nSPS) is 10.4. The van der Waals surface area contributed by atoms with Crippen LogP contribution in [0.3, 0.4) is 0 Å². The zero-order chi connectivity index (χ0) is 17.1. The van der Waals surface area contributed by atoms with Gasteiger partial charge in [-0.1, -0.05) is 23.7 Å². The van der Waals surface area contributed by atoms with E-state index in [0.717, 1.165) is 5.69 Å². The van der Waals surface area contributed by atoms with Crippen molar-refractivity contribution in [2.45, 2.75) is 6.92 Å². The second-order valence-corrected chi connectivity index (χ2v) is 5.63. The summed E-state index contributed by atoms with van der Waals surface area (Å²) in [5, 5.41) is 3.28. The summed E-state index contributed by atoms with van der Waals surface area (Å²) < 4.78 is 1.79. The minimum Gasteiger partial charge on any atom is -0.322 e. The van der Waals surface area contributed by atoms with Gasteiger partial charge in [0.15, 0.2) is 5.78 Å². The molecule has 0 spiro atoms. The van der Waals surface area contributed by atoms with E-state index in [1.54, 1.807) is 65.8 Å². The number of rotatable bonds is 4. The molecule has 120 valence electrons. The molecule has 1 N–H and O–H groups in total. The number of hydrogen-bond donors (Lipinski definition) is 1. The Balaban J connectivity index is 1.77. The number of carbonyl (C=O) groups is 2. The summed E-state index contributed by atoms with van der Waals surface area (Å²) in [6.45, 7) is 1.49. The molecule has 0 fully saturated rings. The molecule has 24 heavy (non-hydrogen) atoms. The number of anilines is 1. The van der Waals surface area contributed by atoms with Crippen LogP contribution in [0.4, 0.5) is 5.69 Å². The summed E-state index contributed by atoms with van der Waals surface area (Å²) in [6, 6.07) is 11.8. The molecule has 0 aliphatic carbocycles. The van der Waals surface area contributed by atoms with Crippen LogP contribution < -0.4 is 5.32 Å². The molecule has 0 bridgehead atoms. The van der Waals surface area contributed by atoms with Crippen molar-refractivity contribution in [2.24, 2.45) is 0 Å². The van der Waals surface area contributed by atoms with Gasteiger partial charge in [0.25, 0.3) is 5.91 Å². The lowest BCUT2D eigenvalue weighted by Gasteiger charge is -2.09. The van der Waals surface area contributed by atoms with Crippen molar-refractivity contribution >= 4 is 29.0 Å². The Bertz CT molecular complexity index is 887. The molecule has 0 aliphatic rings. The quantitative estimate of drug-likeness (QED) is 0.731. The average Bonchev–Trinajstić information content (AvgIpc) is 3.09. The van der Waals surface area contributed by atoms with Crippen LogP contribution in [0.2, 0.25) is 5.02 Å². The maximum atomic E-state index is 12.3. The van der Waals surface area contributed by atoms with E-state index in [0.29, 0.717) is 21.8 Å². The van der Waals surface area contributed by atoms with E-state index in [-0.39, 0.29) is 11.7 Å². The topological polar surface area (TPSA) is 64.0 Å². The lowest BCUT2D eigenvalue weighted by molar-refractivity contribution is 0.101. The predicted molar refractivity (Wildman–Crippen MR) is 93.0 cm³/mol. The molecule has 1 aromatic heterocycles. The highest BCUT2D eigenvalue weighted by Crippen LogP contribution is 2.24. The van der Waals surface area contributed by atoms with Crippen molar-refractivity contribution in [2.75, 3.05) is 5.32 Å². The van der Waals surface area contributed by atoms with Gasteiger partial charge in [0.2, 0.25) is 0 Å². The molecule has 1 amide bonds. The summed E-state index contributed by atoms with van der Waals surface area (Å²) in [4.78, 5) is 27.5. The molecule has 5 nitrogen and oxygen atoms in total. The van der Waals surface area contributed by atoms with Crippen LogP contribution in [0.5, 0.6) is 0 Å². The minimum absolute atomic E-state index is 0.0381. The van der Waals surface area contributed by atoms with E-state index in [2.05, 4.69) is 10.3 Å². The van der Waals surface area contributed by atoms with Gasteiger partial charge in [0.1, 0.15) is 0 Å². The second kappa shape index (κ2) is 6.68. The summed E-state index contributed by atoms with van der Waals surface area (Å²) in [5.74, 6) is -0.305. The highest BCUT2D eigenvalue weighted by molar-refractivity contribution is 6.32. The third kappa shape index (κ3) is 3.36. The summed E-state index contributed by atoms with van der Waals surface area (Å²) in [5.41, 5.74) is 2.40. The van der Waals surface area contributed by atoms with Crippen molar-refractivity contribution in [1.82, 2.24) is 9.55 Å². The average molecular weight is 340 g/mol. The van der Waals surface area contributed by atoms with Crippen LogP contribution in [0.1, 0.15) is 27.6 Å². The Morgan fingerprint density at radius 2 is 1.79 bits per heavy atom. The molecular weight excluding hydrogens is 326 g/mol. The molecular formula is C18H14ClN3O2. The molecule has 6 heteroatoms. The molecule has 0 saturated heterocycles. The molecule has 0 atom stereocenters. The third-order valence-electron chi connectivity index (χ3n) is 3.54. The summed E-state index contributed by atoms with van der Waals surface area (Å²) in [7, 11) is 0. The molecule has 1 heterocycles. The predicted octanol–water partition coefficient (Wildman–Crippen LogP) is 3.98. The van der Waals surface area contributed by atoms with E-state index in [9.17, 15) is 9.59 Å². The third-order valence-corrected chi connectivity index (χ3v) is 3.84. The van der Waals surface area contributed by atoms with Gasteiger partial charge in [-0.05, 0) is 37.3 Å². The standard InChI is InChI=1S/C18H14ClN3O2/c1-12(23)13-2-4-14(5-3-13)18(24)21-15-6-7-17(16(19)10-15)22-9-8-20-11-22/h2-11H,1H3,(H,21,24). The van der Waals surface area contributed by atoms with Crippen LogP contribution in [0, 0.1) is 0 Å². The molecule has 3 rings (SSSR count). The molecule has 0 unspecified atom stereocenters. The van der Waals surface area contributed by atoms with Gasteiger partial charge in [-0.2, -0.15) is 0 Å². The molecule has 0 radical (unpaired) electrons. The number of aromatic nitrogens is 2. The van der Waals surface area contributed by atoms with Crippen molar-refractivity contribution in [3.8, 4) is 5.69 Å². The Kier molecular flexibility index (Phi) is 4.44. The van der Waals surface area contributed by atoms with Crippen molar-refractivity contribution in [3.63, 3.8) is 0 Å². The second-order valence-electron chi connectivity index (χ2n) is 5.22. The van der Waals surface area contributed by atoms with Gasteiger partial charge in [-0.3, -0.25) is 9.59 Å². The Hall–Kier alpha value is -2.92. The molecule has 2 aromatic carbocycles. The van der Waals surface area contributed by atoms with E-state index < -0.39 is 0 Å². The monoisotopic (exact) mass is 339 g/mol. The van der Waals surface area contributed by atoms with E-state index >= 15 is 0 Å². The maximum Gasteiger partial charge on any atom is 0.255 e. The summed E-state index contributed by atoms with van der Waals surface area (Å²) >= 11 is 6.27. The lowest BCUT2D eigenvalue weighted by atomic mass is 10.1. The number of halogens is 1. The van der Waals surface area contributed by atoms with Crippen molar-refractivity contribution < 1.29 is 9.59 Å². The number of nitrogens with one attached hydrogen (secondary N) is 1. The number of nitrogens with zero attached hydrogens (tertiary/aromatic N) is 2. The van der Waals surface area contributed by atoms with Gasteiger partial charge in [-0.25, -0.2) is 4.98 Å². The van der Waals surface area contributed by atoms with E-state index in [1.165, 1.54) is 6.92 Å². The molecule has 0 aliphatic heterocycles. The molecule has 0 saturated carbocycles. The first-order chi connectivity index (χ1) is 11.5. The fourth-order valence-corrected chi connectivity index (χ4v) is 2.53. The fourth-order valence-electron chi connectivity index (χ4n) is 2.26. The first-order valence-electron chi connectivity index (χ1n) is 7.25. The first kappa shape index (κ1) is 16.0. The Morgan fingerprint density at radius 3 is 2.38 bits per heavy atom. The highest BCUT2D eigenvalue weighted by atomic mass is 35.5. The largest absolute Gasteiger partial charge is 0.322 e. The maximum absolute atomic E-state index is 12.3. The van der Waals surface area contributed by atoms with Crippen LogP contribution in [-0.2, 0) is 0 Å². The number of Topliss-reactive ketones (excluding diaryl/α,β-unsaturated/α-hetero) is 1. The van der Waals surface area contributed by atoms with Crippen LogP contribution in [0.15, 0.2) is 61.2 Å². The van der Waals surface area contributed by atoms with Gasteiger partial charge in [-0.15, -0.1) is 0 Å². The van der Waals surface area contributed by atoms with Gasteiger partial charge in [0, 0.05) is 29.2 Å². The first-order valence-corrected chi connectivity index (χ1v) is 7.62. The number of amides is 1. The van der Waals surface area contributed by atoms with Gasteiger partial charge < -0.3 is 9.88 Å². The van der Waals surface area contributed by atoms with Gasteiger partial charge >= 0.3 is 0 Å². The number of hydrogen-bond acceptors (Lipinski definition) is 3. The number of ketones is 1. The van der Waals surface area contributed by atoms with Crippen molar-refractivity contribution in [1.29, 1.82) is 0 Å². The SMILES string of the molecule is CC(=O)c1ccc(C(=O)Nc2ccc(-n3ccnc3)c(Cl)c2)cc1. The van der Waals surface area contributed by atoms with Crippen molar-refractivity contribution in [3.05, 3.63) is 77.3 Å². The van der Waals surface area contributed by atoms with E-state index in [1.807, 2.05) is 0 Å². The molecule has 3 aromatic rings. The van der Waals surface area contributed by atoms with Crippen LogP contribution in [-0.4, -0.2) is 21.2 Å². The Labute approximate surface area is 143 Å². The zero-order valence-electron chi connectivity index (χ0n) is 12.9. The van der Waals surface area contributed by atoms with Crippen LogP contribution >= 0.6 is 11.6 Å². The van der Waals surface area contributed by atoms with Gasteiger partial charge in [0.05, 0.1) is 17.0 Å². The smallest absolute Gasteiger partial charge is 0.255 e. The number of imidazole rings is 1. The van der Waals surface area contributed by atoms with E-state index in [4.69, 9.17) is 11.6 Å². The van der Waals surface area contributed by atoms with Crippen LogP contribution in [0.25, 0.3) is 5.69 Å².